The summed E-state index contributed by atoms with van der Waals surface area (Å²) in [6, 6.07) is 0.525. The highest BCUT2D eigenvalue weighted by molar-refractivity contribution is 5.81. The molecule has 0 saturated carbocycles. The lowest BCUT2D eigenvalue weighted by Crippen LogP contribution is -2.51. The highest BCUT2D eigenvalue weighted by atomic mass is 16.2. The van der Waals surface area contributed by atoms with E-state index in [-0.39, 0.29) is 11.9 Å². The van der Waals surface area contributed by atoms with Gasteiger partial charge in [0.05, 0.1) is 6.04 Å². The van der Waals surface area contributed by atoms with E-state index >= 15 is 0 Å². The summed E-state index contributed by atoms with van der Waals surface area (Å²) in [5.74, 6) is 0.818. The van der Waals surface area contributed by atoms with Gasteiger partial charge in [-0.1, -0.05) is 27.2 Å². The van der Waals surface area contributed by atoms with E-state index in [9.17, 15) is 4.79 Å². The van der Waals surface area contributed by atoms with E-state index in [0.29, 0.717) is 12.0 Å². The van der Waals surface area contributed by atoms with Gasteiger partial charge in [0.15, 0.2) is 0 Å². The molecule has 0 spiro atoms. The number of carbonyl (C=O) groups excluding carboxylic acids is 1. The molecule has 4 nitrogen and oxygen atoms in total. The van der Waals surface area contributed by atoms with Crippen molar-refractivity contribution < 1.29 is 4.79 Å². The summed E-state index contributed by atoms with van der Waals surface area (Å²) >= 11 is 0. The lowest BCUT2D eigenvalue weighted by molar-refractivity contribution is -0.126. The van der Waals surface area contributed by atoms with Crippen LogP contribution in [0.5, 0.6) is 0 Å². The second-order valence-corrected chi connectivity index (χ2v) is 6.79. The molecule has 0 radical (unpaired) electrons. The van der Waals surface area contributed by atoms with Crippen molar-refractivity contribution in [1.29, 1.82) is 0 Å². The van der Waals surface area contributed by atoms with Gasteiger partial charge >= 0.3 is 0 Å². The van der Waals surface area contributed by atoms with Gasteiger partial charge in [0.2, 0.25) is 5.91 Å². The van der Waals surface area contributed by atoms with Crippen LogP contribution in [0.25, 0.3) is 0 Å². The van der Waals surface area contributed by atoms with Crippen LogP contribution in [0, 0.1) is 5.92 Å². The molecule has 0 aliphatic carbocycles. The van der Waals surface area contributed by atoms with E-state index in [1.807, 2.05) is 6.92 Å². The first-order valence-electron chi connectivity index (χ1n) is 8.79. The number of hydrogen-bond acceptors (Lipinski definition) is 3. The van der Waals surface area contributed by atoms with Crippen molar-refractivity contribution in [3.05, 3.63) is 0 Å². The van der Waals surface area contributed by atoms with Gasteiger partial charge in [-0.25, -0.2) is 0 Å². The minimum absolute atomic E-state index is 0.0270. The molecule has 0 bridgehead atoms. The van der Waals surface area contributed by atoms with Crippen LogP contribution in [0.1, 0.15) is 59.8 Å². The summed E-state index contributed by atoms with van der Waals surface area (Å²) in [6.45, 7) is 12.5. The Morgan fingerprint density at radius 3 is 2.67 bits per heavy atom. The normalized spacial score (nSPS) is 20.8. The summed E-state index contributed by atoms with van der Waals surface area (Å²) < 4.78 is 0. The first kappa shape index (κ1) is 18.4. The third-order valence-electron chi connectivity index (χ3n) is 4.33. The molecular formula is C17H35N3O. The fourth-order valence-electron chi connectivity index (χ4n) is 2.89. The number of carbonyl (C=O) groups is 1. The minimum atomic E-state index is -0.0270. The summed E-state index contributed by atoms with van der Waals surface area (Å²) in [6.07, 6.45) is 5.98. The minimum Gasteiger partial charge on any atom is -0.355 e. The third-order valence-corrected chi connectivity index (χ3v) is 4.33. The van der Waals surface area contributed by atoms with E-state index in [2.05, 4.69) is 36.3 Å². The fourth-order valence-corrected chi connectivity index (χ4v) is 2.89. The molecular weight excluding hydrogens is 262 g/mol. The molecule has 2 atom stereocenters. The number of rotatable bonds is 9. The van der Waals surface area contributed by atoms with Crippen molar-refractivity contribution in [3.8, 4) is 0 Å². The molecule has 1 fully saturated rings. The lowest BCUT2D eigenvalue weighted by atomic mass is 10.0. The predicted molar refractivity (Wildman–Crippen MR) is 89.4 cm³/mol. The molecule has 2 unspecified atom stereocenters. The van der Waals surface area contributed by atoms with E-state index in [0.717, 1.165) is 39.0 Å². The Morgan fingerprint density at radius 2 is 2.10 bits per heavy atom. The maximum Gasteiger partial charge on any atom is 0.237 e. The summed E-state index contributed by atoms with van der Waals surface area (Å²) in [5.41, 5.74) is 0. The fraction of sp³-hybridized carbons (Fsp3) is 0.941. The maximum absolute atomic E-state index is 12.3. The van der Waals surface area contributed by atoms with Gasteiger partial charge in [-0.15, -0.1) is 0 Å². The van der Waals surface area contributed by atoms with Crippen LogP contribution in [0.4, 0.5) is 0 Å². The van der Waals surface area contributed by atoms with Gasteiger partial charge in [-0.05, 0) is 51.6 Å². The van der Waals surface area contributed by atoms with Gasteiger partial charge < -0.3 is 10.6 Å². The third kappa shape index (κ3) is 7.28. The molecule has 4 heteroatoms. The Morgan fingerprint density at radius 1 is 1.33 bits per heavy atom. The number of hydrogen-bond donors (Lipinski definition) is 2. The van der Waals surface area contributed by atoms with Crippen LogP contribution in [-0.2, 0) is 4.79 Å². The van der Waals surface area contributed by atoms with Crippen LogP contribution < -0.4 is 10.6 Å². The molecule has 1 rings (SSSR count). The quantitative estimate of drug-likeness (QED) is 0.687. The van der Waals surface area contributed by atoms with Crippen LogP contribution in [-0.4, -0.2) is 49.1 Å². The van der Waals surface area contributed by atoms with Crippen LogP contribution in [0.15, 0.2) is 0 Å². The molecule has 0 aromatic carbocycles. The average Bonchev–Trinajstić information content (AvgIpc) is 2.46. The molecule has 1 amide bonds. The maximum atomic E-state index is 12.3. The lowest BCUT2D eigenvalue weighted by Gasteiger charge is -2.33. The monoisotopic (exact) mass is 297 g/mol. The smallest absolute Gasteiger partial charge is 0.237 e. The highest BCUT2D eigenvalue weighted by Gasteiger charge is 2.24. The number of amides is 1. The number of piperidine rings is 1. The zero-order valence-electron chi connectivity index (χ0n) is 14.5. The molecule has 124 valence electrons. The first-order chi connectivity index (χ1) is 10.0. The zero-order valence-corrected chi connectivity index (χ0v) is 14.5. The standard InChI is InChI=1S/C17H35N3O/c1-5-12-20(13-16-8-6-7-10-18-16)15(4)17(21)19-11-9-14(2)3/h14-16,18H,5-13H2,1-4H3,(H,19,21). The van der Waals surface area contributed by atoms with E-state index < -0.39 is 0 Å². The Balaban J connectivity index is 2.42. The topological polar surface area (TPSA) is 44.4 Å². The SMILES string of the molecule is CCCN(CC1CCCCN1)C(C)C(=O)NCCC(C)C. The Kier molecular flexibility index (Phi) is 8.93. The molecule has 0 aromatic heterocycles. The van der Waals surface area contributed by atoms with Gasteiger partial charge in [-0.2, -0.15) is 0 Å². The Hall–Kier alpha value is -0.610. The average molecular weight is 297 g/mol. The van der Waals surface area contributed by atoms with Gasteiger partial charge in [0, 0.05) is 19.1 Å². The second kappa shape index (κ2) is 10.2. The molecule has 0 aromatic rings. The van der Waals surface area contributed by atoms with E-state index in [4.69, 9.17) is 0 Å². The molecule has 2 N–H and O–H groups in total. The van der Waals surface area contributed by atoms with Crippen LogP contribution in [0.2, 0.25) is 0 Å². The number of nitrogens with one attached hydrogen (secondary N) is 2. The van der Waals surface area contributed by atoms with Crippen molar-refractivity contribution >= 4 is 5.91 Å². The van der Waals surface area contributed by atoms with Crippen LogP contribution >= 0.6 is 0 Å². The van der Waals surface area contributed by atoms with Crippen molar-refractivity contribution in [2.75, 3.05) is 26.2 Å². The zero-order chi connectivity index (χ0) is 15.7. The summed E-state index contributed by atoms with van der Waals surface area (Å²) in [5, 5.41) is 6.68. The van der Waals surface area contributed by atoms with E-state index in [1.165, 1.54) is 19.3 Å². The van der Waals surface area contributed by atoms with Gasteiger partial charge in [0.25, 0.3) is 0 Å². The van der Waals surface area contributed by atoms with Crippen molar-refractivity contribution in [1.82, 2.24) is 15.5 Å². The van der Waals surface area contributed by atoms with Crippen molar-refractivity contribution in [3.63, 3.8) is 0 Å². The van der Waals surface area contributed by atoms with Crippen LogP contribution in [0.3, 0.4) is 0 Å². The molecule has 1 aliphatic heterocycles. The highest BCUT2D eigenvalue weighted by Crippen LogP contribution is 2.11. The molecule has 21 heavy (non-hydrogen) atoms. The first-order valence-corrected chi connectivity index (χ1v) is 8.79. The number of nitrogens with zero attached hydrogens (tertiary/aromatic N) is 1. The Labute approximate surface area is 131 Å². The Bertz CT molecular complexity index is 288. The molecule has 1 aliphatic rings. The van der Waals surface area contributed by atoms with Gasteiger partial charge in [-0.3, -0.25) is 9.69 Å². The summed E-state index contributed by atoms with van der Waals surface area (Å²) in [7, 11) is 0. The molecule has 1 heterocycles. The second-order valence-electron chi connectivity index (χ2n) is 6.79. The predicted octanol–water partition coefficient (Wildman–Crippen LogP) is 2.39. The van der Waals surface area contributed by atoms with Crippen molar-refractivity contribution in [2.45, 2.75) is 71.9 Å². The molecule has 1 saturated heterocycles. The van der Waals surface area contributed by atoms with E-state index in [1.54, 1.807) is 0 Å². The van der Waals surface area contributed by atoms with Gasteiger partial charge in [0.1, 0.15) is 0 Å². The van der Waals surface area contributed by atoms with Crippen molar-refractivity contribution in [2.24, 2.45) is 5.92 Å². The largest absolute Gasteiger partial charge is 0.355 e. The summed E-state index contributed by atoms with van der Waals surface area (Å²) in [4.78, 5) is 14.7.